The molecule has 0 spiro atoms. The summed E-state index contributed by atoms with van der Waals surface area (Å²) in [4.78, 5) is 2.19. The van der Waals surface area contributed by atoms with E-state index in [1.807, 2.05) is 6.08 Å². The third kappa shape index (κ3) is 4.57. The van der Waals surface area contributed by atoms with Crippen LogP contribution >= 0.6 is 12.2 Å². The minimum atomic E-state index is 0.327. The minimum absolute atomic E-state index is 0.327. The molecule has 0 saturated heterocycles. The molecule has 0 radical (unpaired) electrons. The van der Waals surface area contributed by atoms with Crippen LogP contribution in [-0.2, 0) is 0 Å². The van der Waals surface area contributed by atoms with Crippen molar-refractivity contribution >= 4 is 29.1 Å². The Morgan fingerprint density at radius 3 is 2.48 bits per heavy atom. The molecule has 0 bridgehead atoms. The Morgan fingerprint density at radius 2 is 2.00 bits per heavy atom. The number of benzene rings is 1. The van der Waals surface area contributed by atoms with Crippen LogP contribution in [0.25, 0.3) is 6.08 Å². The van der Waals surface area contributed by atoms with Crippen molar-refractivity contribution in [3.63, 3.8) is 0 Å². The van der Waals surface area contributed by atoms with Crippen molar-refractivity contribution in [1.82, 2.24) is 4.90 Å². The van der Waals surface area contributed by atoms with Crippen molar-refractivity contribution in [1.29, 1.82) is 0 Å². The highest BCUT2D eigenvalue weighted by molar-refractivity contribution is 7.80. The topological polar surface area (TPSA) is 15.3 Å². The van der Waals surface area contributed by atoms with Gasteiger partial charge in [-0.25, -0.2) is 0 Å². The van der Waals surface area contributed by atoms with Gasteiger partial charge in [0, 0.05) is 12.2 Å². The van der Waals surface area contributed by atoms with Gasteiger partial charge in [-0.15, -0.1) is 0 Å². The minimum Gasteiger partial charge on any atom is -0.342 e. The Balaban J connectivity index is 0.000000383. The fraction of sp³-hybridized carbons (Fsp3) is 0.500. The van der Waals surface area contributed by atoms with Gasteiger partial charge in [0.2, 0.25) is 0 Å². The number of fused-ring (bicyclic) bond motifs is 1. The maximum Gasteiger partial charge on any atom is 0.173 e. The van der Waals surface area contributed by atoms with Gasteiger partial charge in [0.1, 0.15) is 0 Å². The Morgan fingerprint density at radius 1 is 1.38 bits per heavy atom. The first-order valence-corrected chi connectivity index (χ1v) is 8.19. The summed E-state index contributed by atoms with van der Waals surface area (Å²) in [6.45, 7) is 15.7. The van der Waals surface area contributed by atoms with Crippen LogP contribution in [0, 0.1) is 5.92 Å². The number of thiocarbonyl (C=S) groups is 1. The van der Waals surface area contributed by atoms with E-state index in [-0.39, 0.29) is 0 Å². The molecule has 1 aromatic rings. The lowest BCUT2D eigenvalue weighted by Crippen LogP contribution is -2.40. The van der Waals surface area contributed by atoms with Crippen LogP contribution < -0.4 is 5.32 Å². The largest absolute Gasteiger partial charge is 0.342 e. The molecule has 0 amide bonds. The predicted octanol–water partition coefficient (Wildman–Crippen LogP) is 5.48. The molecule has 1 aliphatic heterocycles. The van der Waals surface area contributed by atoms with Gasteiger partial charge in [0.15, 0.2) is 5.11 Å². The molecule has 0 aliphatic carbocycles. The zero-order chi connectivity index (χ0) is 16.0. The quantitative estimate of drug-likeness (QED) is 0.745. The second-order valence-electron chi connectivity index (χ2n) is 5.75. The summed E-state index contributed by atoms with van der Waals surface area (Å²) in [6, 6.07) is 6.62. The summed E-state index contributed by atoms with van der Waals surface area (Å²) < 4.78 is 0. The molecule has 1 N–H and O–H groups in total. The van der Waals surface area contributed by atoms with Crippen LogP contribution in [0.15, 0.2) is 24.8 Å². The van der Waals surface area contributed by atoms with Crippen molar-refractivity contribution < 1.29 is 0 Å². The summed E-state index contributed by atoms with van der Waals surface area (Å²) in [7, 11) is 0. The maximum absolute atomic E-state index is 5.34. The van der Waals surface area contributed by atoms with Gasteiger partial charge in [-0.05, 0) is 55.2 Å². The van der Waals surface area contributed by atoms with Gasteiger partial charge in [0.05, 0.1) is 6.04 Å². The van der Waals surface area contributed by atoms with E-state index in [0.29, 0.717) is 6.04 Å². The molecule has 0 fully saturated rings. The maximum atomic E-state index is 5.34. The number of nitrogens with zero attached hydrogens (tertiary/aromatic N) is 1. The van der Waals surface area contributed by atoms with Gasteiger partial charge >= 0.3 is 0 Å². The first-order valence-electron chi connectivity index (χ1n) is 7.78. The summed E-state index contributed by atoms with van der Waals surface area (Å²) in [5.74, 6) is 0.884. The molecule has 1 aromatic carbocycles. The van der Waals surface area contributed by atoms with Crippen molar-refractivity contribution in [3.05, 3.63) is 35.9 Å². The highest BCUT2D eigenvalue weighted by Crippen LogP contribution is 2.33. The van der Waals surface area contributed by atoms with E-state index in [1.165, 1.54) is 12.0 Å². The molecule has 116 valence electrons. The Bertz CT molecular complexity index is 494. The van der Waals surface area contributed by atoms with Crippen LogP contribution in [0.5, 0.6) is 0 Å². The Kier molecular flexibility index (Phi) is 6.90. The van der Waals surface area contributed by atoms with E-state index in [2.05, 4.69) is 69.6 Å². The Hall–Kier alpha value is -1.35. The average Bonchev–Trinajstić information content (AvgIpc) is 2.48. The molecule has 21 heavy (non-hydrogen) atoms. The zero-order valence-corrected chi connectivity index (χ0v) is 14.8. The lowest BCUT2D eigenvalue weighted by atomic mass is 10.00. The third-order valence-electron chi connectivity index (χ3n) is 3.89. The van der Waals surface area contributed by atoms with Crippen LogP contribution in [-0.4, -0.2) is 16.6 Å². The monoisotopic (exact) mass is 304 g/mol. The van der Waals surface area contributed by atoms with Crippen molar-refractivity contribution in [2.45, 2.75) is 47.1 Å². The SMILES string of the molecule is C=Cc1ccc2c(c1)C(C)N(CC)C(=S)N2.CCC(C)C. The van der Waals surface area contributed by atoms with Crippen LogP contribution in [0.3, 0.4) is 0 Å². The number of hydrogen-bond donors (Lipinski definition) is 1. The molecule has 0 aromatic heterocycles. The van der Waals surface area contributed by atoms with Gasteiger partial charge in [0.25, 0.3) is 0 Å². The van der Waals surface area contributed by atoms with E-state index < -0.39 is 0 Å². The van der Waals surface area contributed by atoms with Gasteiger partial charge in [-0.2, -0.15) is 0 Å². The molecule has 1 unspecified atom stereocenters. The molecule has 0 saturated carbocycles. The second kappa shape index (κ2) is 8.18. The highest BCUT2D eigenvalue weighted by Gasteiger charge is 2.25. The van der Waals surface area contributed by atoms with E-state index in [1.54, 1.807) is 0 Å². The predicted molar refractivity (Wildman–Crippen MR) is 98.7 cm³/mol. The van der Waals surface area contributed by atoms with Gasteiger partial charge in [-0.3, -0.25) is 0 Å². The van der Waals surface area contributed by atoms with E-state index in [0.717, 1.165) is 28.8 Å². The van der Waals surface area contributed by atoms with Crippen molar-refractivity contribution in [3.8, 4) is 0 Å². The molecule has 2 rings (SSSR count). The summed E-state index contributed by atoms with van der Waals surface area (Å²) in [5, 5.41) is 4.08. The van der Waals surface area contributed by atoms with E-state index in [9.17, 15) is 0 Å². The van der Waals surface area contributed by atoms with Gasteiger partial charge in [-0.1, -0.05) is 45.9 Å². The molecule has 1 aliphatic rings. The highest BCUT2D eigenvalue weighted by atomic mass is 32.1. The molecular weight excluding hydrogens is 276 g/mol. The smallest absolute Gasteiger partial charge is 0.173 e. The first kappa shape index (κ1) is 17.7. The zero-order valence-electron chi connectivity index (χ0n) is 13.9. The molecule has 1 atom stereocenters. The molecular formula is C18H28N2S. The number of nitrogens with one attached hydrogen (secondary N) is 1. The first-order chi connectivity index (χ1) is 9.94. The standard InChI is InChI=1S/C13H16N2S.C5H12/c1-4-10-6-7-12-11(8-10)9(3)15(5-2)13(16)14-12;1-4-5(2)3/h4,6-9H,1,5H2,2-3H3,(H,14,16);5H,4H2,1-3H3. The molecule has 3 heteroatoms. The second-order valence-corrected chi connectivity index (χ2v) is 6.13. The number of anilines is 1. The fourth-order valence-electron chi connectivity index (χ4n) is 2.12. The number of rotatable bonds is 3. The van der Waals surface area contributed by atoms with E-state index in [4.69, 9.17) is 12.2 Å². The Labute approximate surface area is 135 Å². The van der Waals surface area contributed by atoms with Crippen LogP contribution in [0.4, 0.5) is 5.69 Å². The fourth-order valence-corrected chi connectivity index (χ4v) is 2.51. The van der Waals surface area contributed by atoms with Crippen LogP contribution in [0.2, 0.25) is 0 Å². The summed E-state index contributed by atoms with van der Waals surface area (Å²) >= 11 is 5.34. The van der Waals surface area contributed by atoms with E-state index >= 15 is 0 Å². The third-order valence-corrected chi connectivity index (χ3v) is 4.23. The van der Waals surface area contributed by atoms with Crippen molar-refractivity contribution in [2.24, 2.45) is 5.92 Å². The average molecular weight is 305 g/mol. The molecule has 2 nitrogen and oxygen atoms in total. The molecule has 1 heterocycles. The van der Waals surface area contributed by atoms with Crippen molar-refractivity contribution in [2.75, 3.05) is 11.9 Å². The normalized spacial score (nSPS) is 16.8. The number of hydrogen-bond acceptors (Lipinski definition) is 1. The summed E-state index contributed by atoms with van der Waals surface area (Å²) in [6.07, 6.45) is 3.18. The lowest BCUT2D eigenvalue weighted by Gasteiger charge is -2.37. The lowest BCUT2D eigenvalue weighted by molar-refractivity contribution is 0.353. The van der Waals surface area contributed by atoms with Crippen LogP contribution in [0.1, 0.15) is 58.2 Å². The van der Waals surface area contributed by atoms with Gasteiger partial charge < -0.3 is 10.2 Å². The summed E-state index contributed by atoms with van der Waals surface area (Å²) in [5.41, 5.74) is 3.55.